The van der Waals surface area contributed by atoms with Gasteiger partial charge in [-0.3, -0.25) is 4.79 Å². The zero-order valence-electron chi connectivity index (χ0n) is 23.0. The van der Waals surface area contributed by atoms with Crippen molar-refractivity contribution in [1.29, 1.82) is 5.26 Å². The topological polar surface area (TPSA) is 125 Å². The van der Waals surface area contributed by atoms with Crippen molar-refractivity contribution in [3.05, 3.63) is 48.3 Å². The monoisotopic (exact) mass is 591 g/mol. The maximum atomic E-state index is 13.5. The highest BCUT2D eigenvalue weighted by molar-refractivity contribution is 7.91. The van der Waals surface area contributed by atoms with E-state index in [4.69, 9.17) is 9.72 Å². The molecule has 0 radical (unpaired) electrons. The number of carbonyl (C=O) groups excluding carboxylic acids is 1. The Kier molecular flexibility index (Phi) is 7.47. The van der Waals surface area contributed by atoms with Gasteiger partial charge in [0, 0.05) is 48.4 Å². The summed E-state index contributed by atoms with van der Waals surface area (Å²) in [6, 6.07) is 14.3. The van der Waals surface area contributed by atoms with Gasteiger partial charge in [0.2, 0.25) is 11.8 Å². The first kappa shape index (κ1) is 27.7. The Bertz CT molecular complexity index is 1560. The van der Waals surface area contributed by atoms with Crippen LogP contribution in [0.1, 0.15) is 50.1 Å². The van der Waals surface area contributed by atoms with E-state index in [0.717, 1.165) is 58.1 Å². The SMILES string of the molecule is COc1ccc(-c2nc(C3CCCCC3C(=O)NC3(C#N)CC3)c(-c3ccc(N4CCS(=O)(=O)CC4)cc3)s2)cn1. The van der Waals surface area contributed by atoms with E-state index in [1.165, 1.54) is 0 Å². The summed E-state index contributed by atoms with van der Waals surface area (Å²) in [5, 5.41) is 13.4. The molecule has 3 aliphatic rings. The largest absolute Gasteiger partial charge is 0.481 e. The van der Waals surface area contributed by atoms with Crippen molar-refractivity contribution >= 4 is 32.8 Å². The lowest BCUT2D eigenvalue weighted by atomic mass is 9.76. The molecule has 2 unspecified atom stereocenters. The maximum absolute atomic E-state index is 13.5. The zero-order valence-corrected chi connectivity index (χ0v) is 24.6. The molecule has 2 aromatic heterocycles. The lowest BCUT2D eigenvalue weighted by molar-refractivity contribution is -0.127. The van der Waals surface area contributed by atoms with Gasteiger partial charge < -0.3 is 15.0 Å². The van der Waals surface area contributed by atoms with Gasteiger partial charge in [-0.1, -0.05) is 25.0 Å². The molecule has 2 atom stereocenters. The second-order valence-corrected chi connectivity index (χ2v) is 14.5. The predicted octanol–water partition coefficient (Wildman–Crippen LogP) is 4.56. The first-order valence-corrected chi connectivity index (χ1v) is 16.7. The lowest BCUT2D eigenvalue weighted by Gasteiger charge is -2.31. The first-order valence-electron chi connectivity index (χ1n) is 14.1. The number of nitrogens with one attached hydrogen (secondary N) is 1. The van der Waals surface area contributed by atoms with Crippen molar-refractivity contribution in [1.82, 2.24) is 15.3 Å². The molecule has 214 valence electrons. The number of thiazole rings is 1. The molecule has 1 amide bonds. The fraction of sp³-hybridized carbons (Fsp3) is 0.467. The molecule has 1 saturated heterocycles. The summed E-state index contributed by atoms with van der Waals surface area (Å²) in [6.45, 7) is 0.982. The van der Waals surface area contributed by atoms with Crippen LogP contribution in [0.3, 0.4) is 0 Å². The fourth-order valence-corrected chi connectivity index (χ4v) is 8.16. The highest BCUT2D eigenvalue weighted by atomic mass is 32.2. The maximum Gasteiger partial charge on any atom is 0.225 e. The molecule has 2 aliphatic carbocycles. The van der Waals surface area contributed by atoms with Crippen LogP contribution in [0.5, 0.6) is 5.88 Å². The third-order valence-electron chi connectivity index (χ3n) is 8.47. The minimum absolute atomic E-state index is 0.0456. The number of benzene rings is 1. The Hall–Kier alpha value is -3.49. The number of sulfone groups is 1. The van der Waals surface area contributed by atoms with E-state index < -0.39 is 15.4 Å². The number of amides is 1. The third-order valence-corrected chi connectivity index (χ3v) is 11.2. The van der Waals surface area contributed by atoms with Gasteiger partial charge in [-0.2, -0.15) is 5.26 Å². The van der Waals surface area contributed by atoms with Crippen LogP contribution < -0.4 is 15.0 Å². The van der Waals surface area contributed by atoms with Crippen molar-refractivity contribution in [3.8, 4) is 33.0 Å². The summed E-state index contributed by atoms with van der Waals surface area (Å²) >= 11 is 1.59. The molecular weight excluding hydrogens is 558 g/mol. The Morgan fingerprint density at radius 3 is 2.44 bits per heavy atom. The van der Waals surface area contributed by atoms with Crippen LogP contribution in [0.2, 0.25) is 0 Å². The number of nitrogens with zero attached hydrogens (tertiary/aromatic N) is 4. The van der Waals surface area contributed by atoms with Gasteiger partial charge in [-0.15, -0.1) is 11.3 Å². The number of pyridine rings is 1. The summed E-state index contributed by atoms with van der Waals surface area (Å²) < 4.78 is 29.0. The highest BCUT2D eigenvalue weighted by Crippen LogP contribution is 2.46. The van der Waals surface area contributed by atoms with Gasteiger partial charge in [0.15, 0.2) is 9.84 Å². The van der Waals surface area contributed by atoms with E-state index in [1.807, 2.05) is 24.3 Å². The zero-order chi connectivity index (χ0) is 28.6. The Balaban J connectivity index is 1.35. The van der Waals surface area contributed by atoms with Crippen LogP contribution in [0.25, 0.3) is 21.0 Å². The quantitative estimate of drug-likeness (QED) is 0.424. The van der Waals surface area contributed by atoms with Crippen molar-refractivity contribution in [3.63, 3.8) is 0 Å². The van der Waals surface area contributed by atoms with Crippen LogP contribution in [-0.4, -0.2) is 61.5 Å². The molecule has 1 aromatic carbocycles. The molecule has 3 heterocycles. The lowest BCUT2D eigenvalue weighted by Crippen LogP contribution is -2.42. The van der Waals surface area contributed by atoms with Crippen molar-refractivity contribution in [2.75, 3.05) is 36.6 Å². The van der Waals surface area contributed by atoms with Crippen LogP contribution in [0.4, 0.5) is 5.69 Å². The molecule has 1 aliphatic heterocycles. The van der Waals surface area contributed by atoms with Gasteiger partial charge >= 0.3 is 0 Å². The highest BCUT2D eigenvalue weighted by Gasteiger charge is 2.47. The number of ether oxygens (including phenoxy) is 1. The van der Waals surface area contributed by atoms with Crippen LogP contribution in [-0.2, 0) is 14.6 Å². The van der Waals surface area contributed by atoms with Gasteiger partial charge in [-0.25, -0.2) is 18.4 Å². The van der Waals surface area contributed by atoms with E-state index in [9.17, 15) is 18.5 Å². The van der Waals surface area contributed by atoms with Crippen molar-refractivity contribution in [2.24, 2.45) is 5.92 Å². The smallest absolute Gasteiger partial charge is 0.225 e. The van der Waals surface area contributed by atoms with Crippen molar-refractivity contribution in [2.45, 2.75) is 50.0 Å². The molecule has 1 N–H and O–H groups in total. The summed E-state index contributed by atoms with van der Waals surface area (Å²) in [6.07, 6.45) is 6.79. The number of aromatic nitrogens is 2. The van der Waals surface area contributed by atoms with E-state index in [0.29, 0.717) is 31.8 Å². The number of hydrogen-bond donors (Lipinski definition) is 1. The predicted molar refractivity (Wildman–Crippen MR) is 159 cm³/mol. The van der Waals surface area contributed by atoms with Crippen LogP contribution in [0, 0.1) is 17.2 Å². The summed E-state index contributed by atoms with van der Waals surface area (Å²) in [4.78, 5) is 26.1. The molecule has 11 heteroatoms. The Labute approximate surface area is 244 Å². The number of rotatable bonds is 7. The van der Waals surface area contributed by atoms with Gasteiger partial charge in [0.25, 0.3) is 0 Å². The number of methoxy groups -OCH3 is 1. The molecule has 6 rings (SSSR count). The number of nitriles is 1. The minimum Gasteiger partial charge on any atom is -0.481 e. The second-order valence-electron chi connectivity index (χ2n) is 11.2. The van der Waals surface area contributed by atoms with E-state index in [-0.39, 0.29) is 29.2 Å². The van der Waals surface area contributed by atoms with Gasteiger partial charge in [0.1, 0.15) is 10.5 Å². The van der Waals surface area contributed by atoms with Gasteiger partial charge in [0.05, 0.1) is 35.3 Å². The molecule has 41 heavy (non-hydrogen) atoms. The number of anilines is 1. The molecule has 2 saturated carbocycles. The average molecular weight is 592 g/mol. The summed E-state index contributed by atoms with van der Waals surface area (Å²) in [7, 11) is -1.37. The molecule has 0 spiro atoms. The van der Waals surface area contributed by atoms with E-state index in [2.05, 4.69) is 33.4 Å². The first-order chi connectivity index (χ1) is 19.8. The fourth-order valence-electron chi connectivity index (χ4n) is 5.83. The van der Waals surface area contributed by atoms with E-state index in [1.54, 1.807) is 24.6 Å². The second kappa shape index (κ2) is 11.1. The van der Waals surface area contributed by atoms with Gasteiger partial charge in [-0.05, 0) is 49.4 Å². The van der Waals surface area contributed by atoms with Crippen LogP contribution in [0.15, 0.2) is 42.6 Å². The third kappa shape index (κ3) is 5.81. The molecular formula is C30H33N5O4S2. The normalized spacial score (nSPS) is 22.9. The minimum atomic E-state index is -2.95. The average Bonchev–Trinajstić information content (AvgIpc) is 3.63. The Morgan fingerprint density at radius 1 is 1.10 bits per heavy atom. The summed E-state index contributed by atoms with van der Waals surface area (Å²) in [5.41, 5.74) is 3.11. The standard InChI is InChI=1S/C30H33N5O4S2/c1-39-25-11-8-21(18-32-25)29-33-26(23-4-2-3-5-24(23)28(36)34-30(19-31)12-13-30)27(40-29)20-6-9-22(10-7-20)35-14-16-41(37,38)17-15-35/h6-11,18,23-24H,2-5,12-17H2,1H3,(H,34,36). The number of hydrogen-bond acceptors (Lipinski definition) is 9. The molecule has 9 nitrogen and oxygen atoms in total. The molecule has 3 fully saturated rings. The summed E-state index contributed by atoms with van der Waals surface area (Å²) in [5.74, 6) is 0.526. The molecule has 0 bridgehead atoms. The Morgan fingerprint density at radius 2 is 1.80 bits per heavy atom. The molecule has 3 aromatic rings. The van der Waals surface area contributed by atoms with E-state index >= 15 is 0 Å². The number of carbonyl (C=O) groups is 1. The van der Waals surface area contributed by atoms with Crippen molar-refractivity contribution < 1.29 is 17.9 Å². The van der Waals surface area contributed by atoms with Crippen LogP contribution >= 0.6 is 11.3 Å².